The van der Waals surface area contributed by atoms with Crippen LogP contribution < -0.4 is 5.56 Å². The molecule has 3 heterocycles. The Labute approximate surface area is 165 Å². The molecule has 3 nitrogen and oxygen atoms in total. The Balaban J connectivity index is 1.52. The van der Waals surface area contributed by atoms with E-state index in [-0.39, 0.29) is 5.56 Å². The van der Waals surface area contributed by atoms with E-state index in [9.17, 15) is 4.79 Å². The van der Waals surface area contributed by atoms with Crippen LogP contribution in [-0.2, 0) is 12.8 Å². The van der Waals surface area contributed by atoms with E-state index in [0.29, 0.717) is 6.04 Å². The summed E-state index contributed by atoms with van der Waals surface area (Å²) in [5, 5.41) is 1.83. The Bertz CT molecular complexity index is 1040. The van der Waals surface area contributed by atoms with Crippen molar-refractivity contribution in [2.45, 2.75) is 48.7 Å². The molecular formula is C20H20N2OS3. The van der Waals surface area contributed by atoms with Crippen LogP contribution in [0.25, 0.3) is 10.2 Å². The summed E-state index contributed by atoms with van der Waals surface area (Å²) in [6.45, 7) is 2.12. The van der Waals surface area contributed by atoms with Crippen molar-refractivity contribution in [3.8, 4) is 0 Å². The molecule has 0 N–H and O–H groups in total. The molecule has 0 saturated heterocycles. The first-order valence-corrected chi connectivity index (χ1v) is 11.9. The number of aromatic nitrogens is 2. The lowest BCUT2D eigenvalue weighted by atomic mass is 9.97. The van der Waals surface area contributed by atoms with E-state index < -0.39 is 0 Å². The molecule has 1 aromatic carbocycles. The first kappa shape index (κ1) is 16.9. The van der Waals surface area contributed by atoms with Crippen molar-refractivity contribution in [3.05, 3.63) is 50.6 Å². The summed E-state index contributed by atoms with van der Waals surface area (Å²) in [6, 6.07) is 9.14. The van der Waals surface area contributed by atoms with Gasteiger partial charge in [0, 0.05) is 21.3 Å². The van der Waals surface area contributed by atoms with Crippen LogP contribution in [0, 0.1) is 6.92 Å². The van der Waals surface area contributed by atoms with Crippen molar-refractivity contribution in [1.82, 2.24) is 9.55 Å². The Hall–Kier alpha value is -1.24. The summed E-state index contributed by atoms with van der Waals surface area (Å²) in [7, 11) is 0. The van der Waals surface area contributed by atoms with Gasteiger partial charge >= 0.3 is 0 Å². The fourth-order valence-corrected chi connectivity index (χ4v) is 7.62. The topological polar surface area (TPSA) is 34.9 Å². The number of thiophene rings is 1. The minimum absolute atomic E-state index is 0.00927. The Kier molecular flexibility index (Phi) is 4.38. The fraction of sp³-hybridized carbons (Fsp3) is 0.400. The minimum Gasteiger partial charge on any atom is -0.307 e. The van der Waals surface area contributed by atoms with Crippen molar-refractivity contribution in [3.63, 3.8) is 0 Å². The average molecular weight is 401 g/mol. The van der Waals surface area contributed by atoms with Crippen molar-refractivity contribution in [2.24, 2.45) is 0 Å². The third kappa shape index (κ3) is 2.83. The molecule has 2 aliphatic rings. The number of thioether (sulfide) groups is 2. The van der Waals surface area contributed by atoms with Crippen molar-refractivity contribution in [2.75, 3.05) is 11.5 Å². The van der Waals surface area contributed by atoms with Crippen LogP contribution in [0.15, 0.2) is 39.1 Å². The predicted molar refractivity (Wildman–Crippen MR) is 112 cm³/mol. The van der Waals surface area contributed by atoms with Gasteiger partial charge in [0.05, 0.1) is 11.4 Å². The maximum Gasteiger partial charge on any atom is 0.282 e. The summed E-state index contributed by atoms with van der Waals surface area (Å²) in [5.41, 5.74) is 2.58. The second-order valence-electron chi connectivity index (χ2n) is 7.05. The lowest BCUT2D eigenvalue weighted by Crippen LogP contribution is -2.17. The van der Waals surface area contributed by atoms with E-state index in [1.165, 1.54) is 38.6 Å². The zero-order chi connectivity index (χ0) is 17.7. The molecule has 1 aliphatic heterocycles. The van der Waals surface area contributed by atoms with Crippen molar-refractivity contribution >= 4 is 45.1 Å². The van der Waals surface area contributed by atoms with Gasteiger partial charge in [-0.25, -0.2) is 0 Å². The third-order valence-corrected chi connectivity index (χ3v) is 8.77. The van der Waals surface area contributed by atoms with Crippen LogP contribution >= 0.6 is 34.9 Å². The summed E-state index contributed by atoms with van der Waals surface area (Å²) < 4.78 is 2.37. The number of aryl methyl sites for hydroxylation is 3. The van der Waals surface area contributed by atoms with Crippen LogP contribution in [0.3, 0.4) is 0 Å². The summed E-state index contributed by atoms with van der Waals surface area (Å²) in [5.74, 6) is 2.03. The molecule has 1 aliphatic carbocycles. The van der Waals surface area contributed by atoms with Gasteiger partial charge in [0.1, 0.15) is 4.83 Å². The molecule has 5 rings (SSSR count). The number of hydrogen-bond acceptors (Lipinski definition) is 5. The van der Waals surface area contributed by atoms with Gasteiger partial charge in [-0.15, -0.1) is 23.1 Å². The second kappa shape index (κ2) is 6.73. The highest BCUT2D eigenvalue weighted by Gasteiger charge is 2.29. The molecule has 134 valence electrons. The highest BCUT2D eigenvalue weighted by molar-refractivity contribution is 8.00. The second-order valence-corrected chi connectivity index (χ2v) is 10.2. The van der Waals surface area contributed by atoms with Gasteiger partial charge in [0.25, 0.3) is 5.56 Å². The largest absolute Gasteiger partial charge is 0.307 e. The Morgan fingerprint density at radius 2 is 2.04 bits per heavy atom. The molecule has 0 bridgehead atoms. The SMILES string of the molecule is Cc1ccc(SCC2CSc3nc(=O)c4c5c(sc4n32)CCCC5)cc1. The molecule has 2 aromatic heterocycles. The normalized spacial score (nSPS) is 18.9. The molecule has 6 heteroatoms. The number of hydrogen-bond donors (Lipinski definition) is 0. The maximum atomic E-state index is 12.7. The monoisotopic (exact) mass is 400 g/mol. The van der Waals surface area contributed by atoms with Gasteiger partial charge in [-0.1, -0.05) is 29.5 Å². The van der Waals surface area contributed by atoms with Crippen LogP contribution in [0.2, 0.25) is 0 Å². The molecular weight excluding hydrogens is 380 g/mol. The molecule has 1 unspecified atom stereocenters. The smallest absolute Gasteiger partial charge is 0.282 e. The van der Waals surface area contributed by atoms with Gasteiger partial charge < -0.3 is 4.57 Å². The van der Waals surface area contributed by atoms with Gasteiger partial charge in [-0.2, -0.15) is 4.98 Å². The first-order valence-electron chi connectivity index (χ1n) is 9.10. The summed E-state index contributed by atoms with van der Waals surface area (Å²) in [4.78, 5) is 21.0. The van der Waals surface area contributed by atoms with E-state index in [0.717, 1.165) is 34.9 Å². The number of fused-ring (bicyclic) bond motifs is 5. The van der Waals surface area contributed by atoms with E-state index >= 15 is 0 Å². The quantitative estimate of drug-likeness (QED) is 0.453. The molecule has 3 aromatic rings. The summed E-state index contributed by atoms with van der Waals surface area (Å²) >= 11 is 5.48. The standard InChI is InChI=1S/C20H20N2OS3/c1-12-6-8-14(9-7-12)24-10-13-11-25-20-21-18(23)17-15-4-2-3-5-16(15)26-19(17)22(13)20/h6-9,13H,2-5,10-11H2,1H3. The van der Waals surface area contributed by atoms with Gasteiger partial charge in [-0.3, -0.25) is 4.79 Å². The lowest BCUT2D eigenvalue weighted by Gasteiger charge is -2.15. The maximum absolute atomic E-state index is 12.7. The molecule has 0 saturated carbocycles. The van der Waals surface area contributed by atoms with E-state index in [4.69, 9.17) is 0 Å². The molecule has 0 fully saturated rings. The number of rotatable bonds is 3. The molecule has 1 atom stereocenters. The third-order valence-electron chi connectivity index (χ3n) is 5.22. The fourth-order valence-electron chi connectivity index (χ4n) is 3.84. The van der Waals surface area contributed by atoms with Gasteiger partial charge in [0.2, 0.25) is 0 Å². The zero-order valence-corrected chi connectivity index (χ0v) is 17.1. The van der Waals surface area contributed by atoms with Crippen molar-refractivity contribution in [1.29, 1.82) is 0 Å². The van der Waals surface area contributed by atoms with E-state index in [2.05, 4.69) is 40.7 Å². The highest BCUT2D eigenvalue weighted by Crippen LogP contribution is 2.42. The number of nitrogens with zero attached hydrogens (tertiary/aromatic N) is 2. The van der Waals surface area contributed by atoms with Crippen LogP contribution in [-0.4, -0.2) is 21.1 Å². The minimum atomic E-state index is -0.00927. The van der Waals surface area contributed by atoms with E-state index in [1.807, 2.05) is 23.1 Å². The van der Waals surface area contributed by atoms with Crippen LogP contribution in [0.4, 0.5) is 0 Å². The molecule has 26 heavy (non-hydrogen) atoms. The highest BCUT2D eigenvalue weighted by atomic mass is 32.2. The predicted octanol–water partition coefficient (Wildman–Crippen LogP) is 5.08. The van der Waals surface area contributed by atoms with Gasteiger partial charge in [0.15, 0.2) is 5.16 Å². The molecule has 0 amide bonds. The molecule has 0 radical (unpaired) electrons. The van der Waals surface area contributed by atoms with E-state index in [1.54, 1.807) is 11.8 Å². The Morgan fingerprint density at radius 1 is 1.23 bits per heavy atom. The Morgan fingerprint density at radius 3 is 2.88 bits per heavy atom. The van der Waals surface area contributed by atoms with Crippen LogP contribution in [0.1, 0.15) is 34.9 Å². The average Bonchev–Trinajstić information content (AvgIpc) is 3.22. The first-order chi connectivity index (χ1) is 12.7. The summed E-state index contributed by atoms with van der Waals surface area (Å²) in [6.07, 6.45) is 4.61. The zero-order valence-electron chi connectivity index (χ0n) is 14.7. The lowest BCUT2D eigenvalue weighted by molar-refractivity contribution is 0.595. The van der Waals surface area contributed by atoms with Crippen LogP contribution in [0.5, 0.6) is 0 Å². The molecule has 0 spiro atoms. The van der Waals surface area contributed by atoms with Gasteiger partial charge in [-0.05, 0) is 50.3 Å². The van der Waals surface area contributed by atoms with Crippen molar-refractivity contribution < 1.29 is 0 Å². The number of benzene rings is 1.